The average molecular weight is 414 g/mol. The van der Waals surface area contributed by atoms with Crippen LogP contribution in [0.25, 0.3) is 10.1 Å². The molecule has 0 atom stereocenters. The van der Waals surface area contributed by atoms with Crippen LogP contribution in [0.5, 0.6) is 0 Å². The minimum Gasteiger partial charge on any atom is -0.335 e. The smallest absolute Gasteiger partial charge is 0.265 e. The van der Waals surface area contributed by atoms with Crippen LogP contribution in [-0.4, -0.2) is 41.9 Å². The summed E-state index contributed by atoms with van der Waals surface area (Å²) in [6.45, 7) is 3.56. The lowest BCUT2D eigenvalue weighted by Crippen LogP contribution is -2.48. The van der Waals surface area contributed by atoms with Gasteiger partial charge in [0.2, 0.25) is 0 Å². The van der Waals surface area contributed by atoms with Gasteiger partial charge in [0.15, 0.2) is 0 Å². The van der Waals surface area contributed by atoms with Crippen LogP contribution in [0.15, 0.2) is 42.5 Å². The molecule has 0 radical (unpaired) electrons. The molecule has 3 aromatic rings. The van der Waals surface area contributed by atoms with Crippen molar-refractivity contribution in [1.82, 2.24) is 9.80 Å². The second-order valence-corrected chi connectivity index (χ2v) is 8.19. The number of hydrogen-bond acceptors (Lipinski definition) is 4. The summed E-state index contributed by atoms with van der Waals surface area (Å²) in [5, 5.41) is 10.0. The summed E-state index contributed by atoms with van der Waals surface area (Å²) in [5.41, 5.74) is 1.80. The van der Waals surface area contributed by atoms with Gasteiger partial charge >= 0.3 is 0 Å². The molecule has 7 heteroatoms. The molecule has 1 aliphatic rings. The largest absolute Gasteiger partial charge is 0.335 e. The molecule has 0 bridgehead atoms. The van der Waals surface area contributed by atoms with E-state index in [1.165, 1.54) is 23.5 Å². The van der Waals surface area contributed by atoms with Gasteiger partial charge in [-0.3, -0.25) is 9.69 Å². The molecule has 4 nitrogen and oxygen atoms in total. The van der Waals surface area contributed by atoms with Crippen molar-refractivity contribution in [3.05, 3.63) is 69.3 Å². The monoisotopic (exact) mass is 413 g/mol. The lowest BCUT2D eigenvalue weighted by atomic mass is 10.1. The van der Waals surface area contributed by atoms with Gasteiger partial charge in [-0.2, -0.15) is 5.26 Å². The van der Waals surface area contributed by atoms with E-state index in [-0.39, 0.29) is 11.7 Å². The van der Waals surface area contributed by atoms with Crippen molar-refractivity contribution < 1.29 is 9.18 Å². The van der Waals surface area contributed by atoms with Crippen molar-refractivity contribution in [2.45, 2.75) is 6.54 Å². The standard InChI is InChI=1S/C21H17ClFN3OS/c22-19-17-6-5-16(23)11-18(17)28-20(19)21(27)26-9-7-25(8-10-26)13-15-3-1-14(12-24)2-4-15/h1-6,11H,7-10,13H2. The van der Waals surface area contributed by atoms with Gasteiger partial charge in [0.25, 0.3) is 5.91 Å². The molecule has 4 rings (SSSR count). The van der Waals surface area contributed by atoms with Crippen LogP contribution in [0.3, 0.4) is 0 Å². The lowest BCUT2D eigenvalue weighted by Gasteiger charge is -2.34. The summed E-state index contributed by atoms with van der Waals surface area (Å²) >= 11 is 7.64. The minimum absolute atomic E-state index is 0.0929. The molecule has 2 aromatic carbocycles. The zero-order chi connectivity index (χ0) is 19.7. The molecule has 0 unspecified atom stereocenters. The first-order valence-corrected chi connectivity index (χ1v) is 10.1. The van der Waals surface area contributed by atoms with E-state index in [0.29, 0.717) is 33.3 Å². The number of amides is 1. The zero-order valence-electron chi connectivity index (χ0n) is 15.0. The quantitative estimate of drug-likeness (QED) is 0.634. The molecule has 1 fully saturated rings. The summed E-state index contributed by atoms with van der Waals surface area (Å²) in [6, 6.07) is 14.1. The fourth-order valence-electron chi connectivity index (χ4n) is 3.37. The molecule has 1 amide bonds. The average Bonchev–Trinajstić information content (AvgIpc) is 3.04. The van der Waals surface area contributed by atoms with Crippen LogP contribution in [0.2, 0.25) is 5.02 Å². The van der Waals surface area contributed by atoms with E-state index in [1.807, 2.05) is 29.2 Å². The van der Waals surface area contributed by atoms with Crippen molar-refractivity contribution in [3.63, 3.8) is 0 Å². The molecule has 0 spiro atoms. The predicted octanol–water partition coefficient (Wildman–Crippen LogP) is 4.52. The fraction of sp³-hybridized carbons (Fsp3) is 0.238. The van der Waals surface area contributed by atoms with Crippen molar-refractivity contribution in [2.75, 3.05) is 26.2 Å². The van der Waals surface area contributed by atoms with Crippen LogP contribution >= 0.6 is 22.9 Å². The van der Waals surface area contributed by atoms with Crippen molar-refractivity contribution in [1.29, 1.82) is 5.26 Å². The van der Waals surface area contributed by atoms with E-state index in [1.54, 1.807) is 6.07 Å². The van der Waals surface area contributed by atoms with Gasteiger partial charge in [-0.15, -0.1) is 11.3 Å². The number of benzene rings is 2. The Morgan fingerprint density at radius 3 is 2.54 bits per heavy atom. The van der Waals surface area contributed by atoms with Gasteiger partial charge in [0.05, 0.1) is 16.7 Å². The zero-order valence-corrected chi connectivity index (χ0v) is 16.6. The van der Waals surface area contributed by atoms with E-state index < -0.39 is 0 Å². The highest BCUT2D eigenvalue weighted by atomic mass is 35.5. The van der Waals surface area contributed by atoms with Crippen LogP contribution in [-0.2, 0) is 6.54 Å². The molecule has 0 aliphatic carbocycles. The molecule has 28 heavy (non-hydrogen) atoms. The maximum atomic E-state index is 13.4. The van der Waals surface area contributed by atoms with Gasteiger partial charge in [-0.25, -0.2) is 4.39 Å². The van der Waals surface area contributed by atoms with Crippen LogP contribution < -0.4 is 0 Å². The molecule has 0 N–H and O–H groups in total. The van der Waals surface area contributed by atoms with Gasteiger partial charge in [0, 0.05) is 42.8 Å². The van der Waals surface area contributed by atoms with E-state index in [4.69, 9.17) is 16.9 Å². The molecular formula is C21H17ClFN3OS. The summed E-state index contributed by atoms with van der Waals surface area (Å²) in [6.07, 6.45) is 0. The molecule has 0 saturated carbocycles. The predicted molar refractivity (Wildman–Crippen MR) is 109 cm³/mol. The SMILES string of the molecule is N#Cc1ccc(CN2CCN(C(=O)c3sc4cc(F)ccc4c3Cl)CC2)cc1. The first-order valence-electron chi connectivity index (χ1n) is 8.93. The van der Waals surface area contributed by atoms with E-state index in [2.05, 4.69) is 11.0 Å². The number of nitrogens with zero attached hydrogens (tertiary/aromatic N) is 3. The highest BCUT2D eigenvalue weighted by Gasteiger charge is 2.26. The Hall–Kier alpha value is -2.46. The van der Waals surface area contributed by atoms with Crippen molar-refractivity contribution in [3.8, 4) is 6.07 Å². The van der Waals surface area contributed by atoms with Crippen LogP contribution in [0.1, 0.15) is 20.8 Å². The topological polar surface area (TPSA) is 47.3 Å². The Bertz CT molecular complexity index is 1070. The number of carbonyl (C=O) groups is 1. The Labute approximate surface area is 171 Å². The van der Waals surface area contributed by atoms with E-state index in [9.17, 15) is 9.18 Å². The van der Waals surface area contributed by atoms with Gasteiger partial charge in [-0.1, -0.05) is 23.7 Å². The third kappa shape index (κ3) is 3.74. The summed E-state index contributed by atoms with van der Waals surface area (Å²) in [5.74, 6) is -0.425. The molecule has 1 aliphatic heterocycles. The Morgan fingerprint density at radius 1 is 1.14 bits per heavy atom. The minimum atomic E-state index is -0.333. The van der Waals surface area contributed by atoms with Gasteiger partial charge in [0.1, 0.15) is 10.7 Å². The number of rotatable bonds is 3. The van der Waals surface area contributed by atoms with Crippen molar-refractivity contribution >= 4 is 38.9 Å². The highest BCUT2D eigenvalue weighted by molar-refractivity contribution is 7.21. The van der Waals surface area contributed by atoms with Gasteiger partial charge in [-0.05, 0) is 35.9 Å². The lowest BCUT2D eigenvalue weighted by molar-refractivity contribution is 0.0633. The number of piperazine rings is 1. The number of fused-ring (bicyclic) bond motifs is 1. The second-order valence-electron chi connectivity index (χ2n) is 6.76. The second kappa shape index (κ2) is 7.88. The van der Waals surface area contributed by atoms with Gasteiger partial charge < -0.3 is 4.90 Å². The maximum absolute atomic E-state index is 13.4. The number of thiophene rings is 1. The third-order valence-electron chi connectivity index (χ3n) is 4.93. The molecule has 142 valence electrons. The Balaban J connectivity index is 1.41. The number of nitriles is 1. The molecular weight excluding hydrogens is 397 g/mol. The first kappa shape index (κ1) is 18.9. The number of carbonyl (C=O) groups excluding carboxylic acids is 1. The van der Waals surface area contributed by atoms with E-state index >= 15 is 0 Å². The highest BCUT2D eigenvalue weighted by Crippen LogP contribution is 2.36. The van der Waals surface area contributed by atoms with Crippen LogP contribution in [0.4, 0.5) is 4.39 Å². The van der Waals surface area contributed by atoms with Crippen LogP contribution in [0, 0.1) is 17.1 Å². The van der Waals surface area contributed by atoms with Crippen molar-refractivity contribution in [2.24, 2.45) is 0 Å². The number of halogens is 2. The normalized spacial score (nSPS) is 15.0. The molecule has 2 heterocycles. The Kier molecular flexibility index (Phi) is 5.31. The maximum Gasteiger partial charge on any atom is 0.265 e. The van der Waals surface area contributed by atoms with E-state index in [0.717, 1.165) is 30.6 Å². The molecule has 1 saturated heterocycles. The summed E-state index contributed by atoms with van der Waals surface area (Å²) in [7, 11) is 0. The third-order valence-corrected chi connectivity index (χ3v) is 6.58. The fourth-order valence-corrected chi connectivity index (χ4v) is 4.88. The summed E-state index contributed by atoms with van der Waals surface area (Å²) < 4.78 is 14.1. The first-order chi connectivity index (χ1) is 13.5. The Morgan fingerprint density at radius 2 is 1.86 bits per heavy atom. The molecule has 1 aromatic heterocycles. The summed E-state index contributed by atoms with van der Waals surface area (Å²) in [4.78, 5) is 17.5. The number of hydrogen-bond donors (Lipinski definition) is 0.